The molecule has 10 heteroatoms. The molecule has 2 amide bonds. The van der Waals surface area contributed by atoms with Crippen LogP contribution in [0.2, 0.25) is 0 Å². The van der Waals surface area contributed by atoms with E-state index < -0.39 is 11.8 Å². The lowest BCUT2D eigenvalue weighted by molar-refractivity contribution is -0.117. The van der Waals surface area contributed by atoms with Crippen molar-refractivity contribution in [3.63, 3.8) is 0 Å². The van der Waals surface area contributed by atoms with Crippen LogP contribution < -0.4 is 27.6 Å². The molecule has 0 aliphatic rings. The molecule has 0 aliphatic heterocycles. The summed E-state index contributed by atoms with van der Waals surface area (Å²) in [7, 11) is 0. The largest absolute Gasteiger partial charge is 0.368 e. The van der Waals surface area contributed by atoms with E-state index in [1.807, 2.05) is 0 Å². The number of carbonyl (C=O) groups is 2. The first-order valence-corrected chi connectivity index (χ1v) is 6.40. The van der Waals surface area contributed by atoms with Gasteiger partial charge in [0.2, 0.25) is 11.8 Å². The molecule has 0 bridgehead atoms. The number of hydrazine groups is 1. The molecule has 0 fully saturated rings. The summed E-state index contributed by atoms with van der Waals surface area (Å²) in [5.41, 5.74) is 12.6. The lowest BCUT2D eigenvalue weighted by Gasteiger charge is -2.21. The lowest BCUT2D eigenvalue weighted by atomic mass is 10.4. The smallest absolute Gasteiger partial charge is 0.237 e. The minimum absolute atomic E-state index is 0.183. The summed E-state index contributed by atoms with van der Waals surface area (Å²) in [6.45, 7) is -0.366. The van der Waals surface area contributed by atoms with Crippen molar-refractivity contribution in [2.24, 2.45) is 17.3 Å². The molecule has 0 aromatic carbocycles. The van der Waals surface area contributed by atoms with Gasteiger partial charge in [-0.05, 0) is 6.26 Å². The van der Waals surface area contributed by atoms with Crippen LogP contribution >= 0.6 is 11.8 Å². The highest BCUT2D eigenvalue weighted by atomic mass is 32.2. The second-order valence-corrected chi connectivity index (χ2v) is 4.30. The number of hydrogen-bond donors (Lipinski definition) is 4. The first-order valence-electron chi connectivity index (χ1n) is 5.17. The molecule has 1 heterocycles. The zero-order valence-corrected chi connectivity index (χ0v) is 11.1. The first kappa shape index (κ1) is 15.0. The van der Waals surface area contributed by atoms with E-state index >= 15 is 0 Å². The third-order valence-corrected chi connectivity index (χ3v) is 2.59. The van der Waals surface area contributed by atoms with Gasteiger partial charge in [-0.15, -0.1) is 0 Å². The van der Waals surface area contributed by atoms with Gasteiger partial charge >= 0.3 is 0 Å². The van der Waals surface area contributed by atoms with Crippen LogP contribution in [0.3, 0.4) is 0 Å². The van der Waals surface area contributed by atoms with Crippen LogP contribution in [0.5, 0.6) is 0 Å². The zero-order valence-electron chi connectivity index (χ0n) is 10.3. The Bertz CT molecular complexity index is 443. The van der Waals surface area contributed by atoms with E-state index in [2.05, 4.69) is 15.4 Å². The van der Waals surface area contributed by atoms with Crippen LogP contribution in [0.15, 0.2) is 11.2 Å². The maximum Gasteiger partial charge on any atom is 0.237 e. The standard InChI is InChI=1S/C9H15N7O2S/c1-19-9-13-7(15-12)2-8(14-9)16(3-5(10)17)4-6(11)18/h2H,3-4,12H2,1H3,(H2,10,17)(H2,11,18)(H,13,14,15). The molecule has 19 heavy (non-hydrogen) atoms. The third kappa shape index (κ3) is 4.60. The molecule has 0 saturated heterocycles. The summed E-state index contributed by atoms with van der Waals surface area (Å²) in [6, 6.07) is 1.49. The van der Waals surface area contributed by atoms with Crippen molar-refractivity contribution in [1.29, 1.82) is 0 Å². The van der Waals surface area contributed by atoms with Crippen molar-refractivity contribution >= 4 is 35.2 Å². The Morgan fingerprint density at radius 2 is 1.89 bits per heavy atom. The summed E-state index contributed by atoms with van der Waals surface area (Å²) in [4.78, 5) is 31.6. The molecule has 9 nitrogen and oxygen atoms in total. The van der Waals surface area contributed by atoms with Gasteiger partial charge in [-0.2, -0.15) is 0 Å². The molecule has 0 radical (unpaired) electrons. The Morgan fingerprint density at radius 3 is 2.32 bits per heavy atom. The summed E-state index contributed by atoms with van der Waals surface area (Å²) in [6.07, 6.45) is 1.78. The van der Waals surface area contributed by atoms with Crippen molar-refractivity contribution in [3.8, 4) is 0 Å². The maximum absolute atomic E-state index is 11.0. The normalized spacial score (nSPS) is 10.0. The number of thioether (sulfide) groups is 1. The van der Waals surface area contributed by atoms with Crippen molar-refractivity contribution in [2.75, 3.05) is 29.7 Å². The van der Waals surface area contributed by atoms with Gasteiger partial charge in [0, 0.05) is 6.07 Å². The van der Waals surface area contributed by atoms with Gasteiger partial charge in [-0.3, -0.25) is 9.59 Å². The van der Waals surface area contributed by atoms with Gasteiger partial charge in [-0.1, -0.05) is 11.8 Å². The van der Waals surface area contributed by atoms with Crippen LogP contribution in [-0.2, 0) is 9.59 Å². The molecule has 0 saturated carbocycles. The Labute approximate surface area is 113 Å². The summed E-state index contributed by atoms with van der Waals surface area (Å²) in [5, 5.41) is 0.435. The fourth-order valence-electron chi connectivity index (χ4n) is 1.33. The topological polar surface area (TPSA) is 153 Å². The van der Waals surface area contributed by atoms with E-state index in [1.54, 1.807) is 6.26 Å². The number of nitrogens with one attached hydrogen (secondary N) is 1. The predicted octanol–water partition coefficient (Wildman–Crippen LogP) is -1.74. The molecule has 1 aromatic heterocycles. The quantitative estimate of drug-likeness (QED) is 0.199. The molecule has 1 aromatic rings. The van der Waals surface area contributed by atoms with Crippen molar-refractivity contribution in [1.82, 2.24) is 9.97 Å². The average molecular weight is 285 g/mol. The highest BCUT2D eigenvalue weighted by Gasteiger charge is 2.15. The number of aromatic nitrogens is 2. The predicted molar refractivity (Wildman–Crippen MR) is 72.2 cm³/mol. The van der Waals surface area contributed by atoms with Crippen LogP contribution in [0.1, 0.15) is 0 Å². The number of nitrogen functional groups attached to an aromatic ring is 1. The zero-order chi connectivity index (χ0) is 14.4. The Morgan fingerprint density at radius 1 is 1.32 bits per heavy atom. The van der Waals surface area contributed by atoms with Gasteiger partial charge in [0.25, 0.3) is 0 Å². The fraction of sp³-hybridized carbons (Fsp3) is 0.333. The van der Waals surface area contributed by atoms with E-state index in [9.17, 15) is 9.59 Å². The number of primary amides is 2. The summed E-state index contributed by atoms with van der Waals surface area (Å²) >= 11 is 1.29. The Balaban J connectivity index is 3.12. The minimum atomic E-state index is -0.604. The SMILES string of the molecule is CSc1nc(NN)cc(N(CC(N)=O)CC(N)=O)n1. The van der Waals surface area contributed by atoms with Gasteiger partial charge in [0.15, 0.2) is 5.16 Å². The van der Waals surface area contributed by atoms with Gasteiger partial charge in [-0.25, -0.2) is 15.8 Å². The Kier molecular flexibility index (Phi) is 5.33. The summed E-state index contributed by atoms with van der Waals surface area (Å²) < 4.78 is 0. The molecule has 0 spiro atoms. The van der Waals surface area contributed by atoms with Crippen molar-refractivity contribution in [2.45, 2.75) is 5.16 Å². The summed E-state index contributed by atoms with van der Waals surface area (Å²) in [5.74, 6) is 4.78. The highest BCUT2D eigenvalue weighted by Crippen LogP contribution is 2.19. The van der Waals surface area contributed by atoms with Crippen LogP contribution in [0.25, 0.3) is 0 Å². The number of rotatable bonds is 7. The second kappa shape index (κ2) is 6.75. The third-order valence-electron chi connectivity index (χ3n) is 2.04. The van der Waals surface area contributed by atoms with E-state index in [0.717, 1.165) is 0 Å². The number of nitrogens with two attached hydrogens (primary N) is 3. The average Bonchev–Trinajstić information content (AvgIpc) is 2.36. The van der Waals surface area contributed by atoms with Crippen molar-refractivity contribution in [3.05, 3.63) is 6.07 Å². The molecule has 7 N–H and O–H groups in total. The number of carbonyl (C=O) groups excluding carboxylic acids is 2. The number of amides is 2. The minimum Gasteiger partial charge on any atom is -0.368 e. The van der Waals surface area contributed by atoms with E-state index in [-0.39, 0.29) is 13.1 Å². The number of nitrogens with zero attached hydrogens (tertiary/aromatic N) is 3. The molecular weight excluding hydrogens is 270 g/mol. The molecular formula is C9H15N7O2S. The highest BCUT2D eigenvalue weighted by molar-refractivity contribution is 7.98. The van der Waals surface area contributed by atoms with Crippen LogP contribution in [0.4, 0.5) is 11.6 Å². The van der Waals surface area contributed by atoms with Crippen molar-refractivity contribution < 1.29 is 9.59 Å². The molecule has 0 unspecified atom stereocenters. The fourth-order valence-corrected chi connectivity index (χ4v) is 1.71. The van der Waals surface area contributed by atoms with E-state index in [0.29, 0.717) is 16.8 Å². The lowest BCUT2D eigenvalue weighted by Crippen LogP contribution is -2.40. The van der Waals surface area contributed by atoms with Crippen LogP contribution in [0, 0.1) is 0 Å². The molecule has 0 aliphatic carbocycles. The van der Waals surface area contributed by atoms with Gasteiger partial charge in [0.05, 0.1) is 13.1 Å². The molecule has 0 atom stereocenters. The number of hydrogen-bond acceptors (Lipinski definition) is 8. The van der Waals surface area contributed by atoms with E-state index in [1.165, 1.54) is 22.7 Å². The van der Waals surface area contributed by atoms with Gasteiger partial charge in [0.1, 0.15) is 11.6 Å². The number of anilines is 2. The molecule has 104 valence electrons. The Hall–Kier alpha value is -2.07. The van der Waals surface area contributed by atoms with Crippen LogP contribution in [-0.4, -0.2) is 41.1 Å². The monoisotopic (exact) mass is 285 g/mol. The second-order valence-electron chi connectivity index (χ2n) is 3.53. The van der Waals surface area contributed by atoms with Gasteiger partial charge < -0.3 is 21.8 Å². The maximum atomic E-state index is 11.0. The molecule has 1 rings (SSSR count). The van der Waals surface area contributed by atoms with E-state index in [4.69, 9.17) is 17.3 Å². The first-order chi connectivity index (χ1) is 8.96.